The Morgan fingerprint density at radius 3 is 2.58 bits per heavy atom. The van der Waals surface area contributed by atoms with Gasteiger partial charge >= 0.3 is 0 Å². The van der Waals surface area contributed by atoms with Gasteiger partial charge in [0.05, 0.1) is 5.69 Å². The van der Waals surface area contributed by atoms with Gasteiger partial charge in [0.15, 0.2) is 0 Å². The van der Waals surface area contributed by atoms with E-state index >= 15 is 0 Å². The Kier molecular flexibility index (Phi) is 4.97. The molecule has 0 spiro atoms. The molecule has 6 nitrogen and oxygen atoms in total. The number of carbonyl (C=O) groups excluding carboxylic acids is 3. The molecule has 0 saturated carbocycles. The number of halogens is 1. The zero-order chi connectivity index (χ0) is 18.7. The van der Waals surface area contributed by atoms with Crippen molar-refractivity contribution in [2.45, 2.75) is 19.4 Å². The van der Waals surface area contributed by atoms with Crippen molar-refractivity contribution in [2.75, 3.05) is 16.8 Å². The summed E-state index contributed by atoms with van der Waals surface area (Å²) in [5.41, 5.74) is 0.874. The van der Waals surface area contributed by atoms with E-state index in [1.54, 1.807) is 4.90 Å². The van der Waals surface area contributed by atoms with E-state index in [0.717, 1.165) is 11.8 Å². The maximum absolute atomic E-state index is 13.7. The molecule has 134 valence electrons. The van der Waals surface area contributed by atoms with Crippen LogP contribution in [0.2, 0.25) is 0 Å². The van der Waals surface area contributed by atoms with Gasteiger partial charge in [-0.1, -0.05) is 18.2 Å². The summed E-state index contributed by atoms with van der Waals surface area (Å²) in [6.07, 6.45) is 0.485. The zero-order valence-electron chi connectivity index (χ0n) is 14.2. The predicted octanol–water partition coefficient (Wildman–Crippen LogP) is 2.32. The van der Waals surface area contributed by atoms with E-state index in [4.69, 9.17) is 0 Å². The van der Waals surface area contributed by atoms with Crippen LogP contribution in [-0.2, 0) is 9.59 Å². The van der Waals surface area contributed by atoms with Gasteiger partial charge in [-0.25, -0.2) is 4.39 Å². The van der Waals surface area contributed by atoms with Crippen molar-refractivity contribution in [1.29, 1.82) is 0 Å². The molecule has 1 unspecified atom stereocenters. The highest BCUT2D eigenvalue weighted by atomic mass is 19.1. The third kappa shape index (κ3) is 3.72. The summed E-state index contributed by atoms with van der Waals surface area (Å²) in [7, 11) is 0. The van der Waals surface area contributed by atoms with Crippen LogP contribution in [-0.4, -0.2) is 30.3 Å². The van der Waals surface area contributed by atoms with Gasteiger partial charge in [-0.15, -0.1) is 0 Å². The van der Waals surface area contributed by atoms with Crippen LogP contribution in [0.15, 0.2) is 48.5 Å². The molecule has 26 heavy (non-hydrogen) atoms. The van der Waals surface area contributed by atoms with Crippen molar-refractivity contribution in [3.05, 3.63) is 59.9 Å². The fraction of sp³-hybridized carbons (Fsp3) is 0.211. The first-order valence-electron chi connectivity index (χ1n) is 8.20. The van der Waals surface area contributed by atoms with Gasteiger partial charge in [-0.3, -0.25) is 14.4 Å². The highest BCUT2D eigenvalue weighted by molar-refractivity contribution is 6.04. The van der Waals surface area contributed by atoms with Crippen LogP contribution in [0.25, 0.3) is 0 Å². The van der Waals surface area contributed by atoms with Crippen LogP contribution in [0.4, 0.5) is 15.8 Å². The average Bonchev–Trinajstić information content (AvgIpc) is 2.98. The van der Waals surface area contributed by atoms with E-state index in [1.165, 1.54) is 19.1 Å². The summed E-state index contributed by atoms with van der Waals surface area (Å²) in [4.78, 5) is 37.7. The Morgan fingerprint density at radius 2 is 1.88 bits per heavy atom. The van der Waals surface area contributed by atoms with Gasteiger partial charge < -0.3 is 15.5 Å². The number of hydrogen-bond donors (Lipinski definition) is 2. The van der Waals surface area contributed by atoms with E-state index in [9.17, 15) is 18.8 Å². The van der Waals surface area contributed by atoms with Gasteiger partial charge in [-0.05, 0) is 36.8 Å². The largest absolute Gasteiger partial charge is 0.340 e. The van der Waals surface area contributed by atoms with E-state index < -0.39 is 23.7 Å². The fourth-order valence-electron chi connectivity index (χ4n) is 2.87. The second kappa shape index (κ2) is 7.35. The Labute approximate surface area is 150 Å². The average molecular weight is 355 g/mol. The first-order chi connectivity index (χ1) is 12.5. The summed E-state index contributed by atoms with van der Waals surface area (Å²) in [5.74, 6) is -1.76. The molecule has 1 fully saturated rings. The van der Waals surface area contributed by atoms with Crippen molar-refractivity contribution in [2.24, 2.45) is 0 Å². The summed E-state index contributed by atoms with van der Waals surface area (Å²) in [5, 5.41) is 5.01. The van der Waals surface area contributed by atoms with Gasteiger partial charge in [0.25, 0.3) is 5.91 Å². The lowest BCUT2D eigenvalue weighted by Crippen LogP contribution is -2.41. The molecule has 0 radical (unpaired) electrons. The molecule has 1 aliphatic heterocycles. The van der Waals surface area contributed by atoms with E-state index in [-0.39, 0.29) is 17.2 Å². The van der Waals surface area contributed by atoms with Crippen molar-refractivity contribution < 1.29 is 18.8 Å². The molecule has 1 saturated heterocycles. The van der Waals surface area contributed by atoms with E-state index in [1.807, 2.05) is 30.3 Å². The third-order valence-corrected chi connectivity index (χ3v) is 4.12. The Bertz CT molecular complexity index is 854. The molecule has 2 aromatic rings. The number of anilines is 2. The quantitative estimate of drug-likeness (QED) is 0.883. The number of nitrogens with one attached hydrogen (secondary N) is 2. The maximum Gasteiger partial charge on any atom is 0.252 e. The number of benzene rings is 2. The highest BCUT2D eigenvalue weighted by Gasteiger charge is 2.33. The summed E-state index contributed by atoms with van der Waals surface area (Å²) in [6, 6.07) is 12.2. The Morgan fingerprint density at radius 1 is 1.15 bits per heavy atom. The predicted molar refractivity (Wildman–Crippen MR) is 95.4 cm³/mol. The lowest BCUT2D eigenvalue weighted by atomic mass is 10.1. The number of rotatable bonds is 4. The lowest BCUT2D eigenvalue weighted by molar-refractivity contribution is -0.118. The molecule has 3 amide bonds. The molecule has 2 N–H and O–H groups in total. The molecule has 0 bridgehead atoms. The normalized spacial score (nSPS) is 16.5. The zero-order valence-corrected chi connectivity index (χ0v) is 14.2. The Hall–Kier alpha value is -3.22. The van der Waals surface area contributed by atoms with Crippen LogP contribution in [0.3, 0.4) is 0 Å². The first kappa shape index (κ1) is 17.6. The minimum atomic E-state index is -0.642. The second-order valence-corrected chi connectivity index (χ2v) is 6.02. The Balaban J connectivity index is 1.71. The SMILES string of the molecule is CC(=O)Nc1cc(C(=O)NC2CCN(c3ccccc3)C2=O)ccc1F. The summed E-state index contributed by atoms with van der Waals surface area (Å²) >= 11 is 0. The third-order valence-electron chi connectivity index (χ3n) is 4.12. The molecule has 1 aliphatic rings. The monoisotopic (exact) mass is 355 g/mol. The van der Waals surface area contributed by atoms with Crippen molar-refractivity contribution in [3.63, 3.8) is 0 Å². The topological polar surface area (TPSA) is 78.5 Å². The molecule has 1 heterocycles. The second-order valence-electron chi connectivity index (χ2n) is 6.02. The summed E-state index contributed by atoms with van der Waals surface area (Å²) < 4.78 is 13.7. The molecular formula is C19H18FN3O3. The molecule has 1 atom stereocenters. The number of hydrogen-bond acceptors (Lipinski definition) is 3. The molecular weight excluding hydrogens is 337 g/mol. The molecule has 3 rings (SSSR count). The number of amides is 3. The first-order valence-corrected chi connectivity index (χ1v) is 8.20. The fourth-order valence-corrected chi connectivity index (χ4v) is 2.87. The van der Waals surface area contributed by atoms with Crippen LogP contribution < -0.4 is 15.5 Å². The lowest BCUT2D eigenvalue weighted by Gasteiger charge is -2.17. The van der Waals surface area contributed by atoms with Crippen molar-refractivity contribution in [3.8, 4) is 0 Å². The van der Waals surface area contributed by atoms with Gasteiger partial charge in [0.2, 0.25) is 11.8 Å². The minimum absolute atomic E-state index is 0.0752. The van der Waals surface area contributed by atoms with Crippen LogP contribution >= 0.6 is 0 Å². The van der Waals surface area contributed by atoms with Crippen LogP contribution in [0.1, 0.15) is 23.7 Å². The van der Waals surface area contributed by atoms with Gasteiger partial charge in [-0.2, -0.15) is 0 Å². The molecule has 0 aliphatic carbocycles. The molecule has 0 aromatic heterocycles. The highest BCUT2D eigenvalue weighted by Crippen LogP contribution is 2.22. The smallest absolute Gasteiger partial charge is 0.252 e. The standard InChI is InChI=1S/C19H18FN3O3/c1-12(24)21-17-11-13(7-8-15(17)20)18(25)22-16-9-10-23(19(16)26)14-5-3-2-4-6-14/h2-8,11,16H,9-10H2,1H3,(H,21,24)(H,22,25). The van der Waals surface area contributed by atoms with Crippen LogP contribution in [0, 0.1) is 5.82 Å². The summed E-state index contributed by atoms with van der Waals surface area (Å²) in [6.45, 7) is 1.76. The number of para-hydroxylation sites is 1. The van der Waals surface area contributed by atoms with Gasteiger partial charge in [0.1, 0.15) is 11.9 Å². The van der Waals surface area contributed by atoms with E-state index in [0.29, 0.717) is 13.0 Å². The number of nitrogens with zero attached hydrogens (tertiary/aromatic N) is 1. The van der Waals surface area contributed by atoms with Crippen LogP contribution in [0.5, 0.6) is 0 Å². The molecule has 2 aromatic carbocycles. The maximum atomic E-state index is 13.7. The molecule has 7 heteroatoms. The van der Waals surface area contributed by atoms with E-state index in [2.05, 4.69) is 10.6 Å². The number of carbonyl (C=O) groups is 3. The van der Waals surface area contributed by atoms with Gasteiger partial charge in [0, 0.05) is 24.7 Å². The van der Waals surface area contributed by atoms with Crippen molar-refractivity contribution in [1.82, 2.24) is 5.32 Å². The van der Waals surface area contributed by atoms with Crippen molar-refractivity contribution >= 4 is 29.1 Å². The minimum Gasteiger partial charge on any atom is -0.340 e.